The van der Waals surface area contributed by atoms with Crippen LogP contribution in [0.25, 0.3) is 0 Å². The molecule has 0 bridgehead atoms. The maximum absolute atomic E-state index is 12.0. The number of anilines is 1. The quantitative estimate of drug-likeness (QED) is 0.887. The molecular weight excluding hydrogens is 288 g/mol. The van der Waals surface area contributed by atoms with Crippen molar-refractivity contribution in [2.45, 2.75) is 25.7 Å². The van der Waals surface area contributed by atoms with Crippen molar-refractivity contribution >= 4 is 11.7 Å². The molecular formula is C19H22N2O2. The van der Waals surface area contributed by atoms with Gasteiger partial charge >= 0.3 is 6.03 Å². The standard InChI is InChI=1S/C19H22N2O2/c1-23-18-9-5-14(6-10-18)11-12-20-19(22)21-17-8-7-15-3-2-4-16(15)13-17/h5-10,13H,2-4,11-12H2,1H3,(H2,20,21,22). The lowest BCUT2D eigenvalue weighted by Gasteiger charge is -2.09. The molecule has 0 heterocycles. The average molecular weight is 310 g/mol. The number of benzene rings is 2. The molecule has 2 amide bonds. The zero-order valence-corrected chi connectivity index (χ0v) is 13.4. The molecule has 0 unspecified atom stereocenters. The molecule has 0 saturated heterocycles. The average Bonchev–Trinajstić information content (AvgIpc) is 3.03. The molecule has 2 aromatic rings. The Balaban J connectivity index is 1.46. The first-order valence-corrected chi connectivity index (χ1v) is 8.04. The van der Waals surface area contributed by atoms with Crippen molar-refractivity contribution in [1.29, 1.82) is 0 Å². The van der Waals surface area contributed by atoms with Crippen LogP contribution in [0, 0.1) is 0 Å². The highest BCUT2D eigenvalue weighted by atomic mass is 16.5. The van der Waals surface area contributed by atoms with Crippen molar-refractivity contribution in [3.05, 3.63) is 59.2 Å². The van der Waals surface area contributed by atoms with Crippen LogP contribution < -0.4 is 15.4 Å². The van der Waals surface area contributed by atoms with Crippen LogP contribution in [0.5, 0.6) is 5.75 Å². The summed E-state index contributed by atoms with van der Waals surface area (Å²) in [6.45, 7) is 0.600. The number of ether oxygens (including phenoxy) is 1. The number of carbonyl (C=O) groups excluding carboxylic acids is 1. The van der Waals surface area contributed by atoms with E-state index in [1.165, 1.54) is 23.1 Å². The fourth-order valence-electron chi connectivity index (χ4n) is 2.94. The predicted octanol–water partition coefficient (Wildman–Crippen LogP) is 3.55. The number of fused-ring (bicyclic) bond motifs is 1. The Hall–Kier alpha value is -2.49. The largest absolute Gasteiger partial charge is 0.497 e. The van der Waals surface area contributed by atoms with Crippen LogP contribution in [-0.2, 0) is 19.3 Å². The molecule has 1 aliphatic carbocycles. The van der Waals surface area contributed by atoms with Crippen LogP contribution in [-0.4, -0.2) is 19.7 Å². The molecule has 0 radical (unpaired) electrons. The summed E-state index contributed by atoms with van der Waals surface area (Å²) in [5, 5.41) is 5.80. The number of carbonyl (C=O) groups is 1. The van der Waals surface area contributed by atoms with Gasteiger partial charge in [-0.2, -0.15) is 0 Å². The molecule has 120 valence electrons. The summed E-state index contributed by atoms with van der Waals surface area (Å²) in [7, 11) is 1.65. The van der Waals surface area contributed by atoms with Gasteiger partial charge in [0.15, 0.2) is 0 Å². The third-order valence-corrected chi connectivity index (χ3v) is 4.21. The van der Waals surface area contributed by atoms with E-state index in [-0.39, 0.29) is 6.03 Å². The Morgan fingerprint density at radius 3 is 2.65 bits per heavy atom. The molecule has 2 aromatic carbocycles. The molecule has 23 heavy (non-hydrogen) atoms. The molecule has 4 heteroatoms. The minimum Gasteiger partial charge on any atom is -0.497 e. The zero-order chi connectivity index (χ0) is 16.1. The summed E-state index contributed by atoms with van der Waals surface area (Å²) < 4.78 is 5.13. The number of amides is 2. The first-order chi connectivity index (χ1) is 11.2. The predicted molar refractivity (Wildman–Crippen MR) is 92.2 cm³/mol. The summed E-state index contributed by atoms with van der Waals surface area (Å²) >= 11 is 0. The minimum absolute atomic E-state index is 0.156. The summed E-state index contributed by atoms with van der Waals surface area (Å²) in [5.74, 6) is 0.844. The van der Waals surface area contributed by atoms with Crippen molar-refractivity contribution in [3.63, 3.8) is 0 Å². The third-order valence-electron chi connectivity index (χ3n) is 4.21. The Labute approximate surface area is 136 Å². The molecule has 0 aliphatic heterocycles. The van der Waals surface area contributed by atoms with E-state index in [2.05, 4.69) is 22.8 Å². The molecule has 1 aliphatic rings. The fraction of sp³-hybridized carbons (Fsp3) is 0.316. The van der Waals surface area contributed by atoms with Gasteiger partial charge in [0, 0.05) is 12.2 Å². The number of rotatable bonds is 5. The van der Waals surface area contributed by atoms with Crippen LogP contribution >= 0.6 is 0 Å². The van der Waals surface area contributed by atoms with Gasteiger partial charge in [0.05, 0.1) is 7.11 Å². The number of hydrogen-bond donors (Lipinski definition) is 2. The van der Waals surface area contributed by atoms with Gasteiger partial charge in [-0.25, -0.2) is 4.79 Å². The molecule has 4 nitrogen and oxygen atoms in total. The number of methoxy groups -OCH3 is 1. The first kappa shape index (κ1) is 15.4. The van der Waals surface area contributed by atoms with Crippen molar-refractivity contribution < 1.29 is 9.53 Å². The maximum atomic E-state index is 12.0. The molecule has 3 rings (SSSR count). The van der Waals surface area contributed by atoms with Crippen LogP contribution in [0.3, 0.4) is 0 Å². The first-order valence-electron chi connectivity index (χ1n) is 8.04. The molecule has 2 N–H and O–H groups in total. The van der Waals surface area contributed by atoms with Crippen LogP contribution in [0.4, 0.5) is 10.5 Å². The van der Waals surface area contributed by atoms with Gasteiger partial charge in [0.25, 0.3) is 0 Å². The van der Waals surface area contributed by atoms with Gasteiger partial charge in [-0.15, -0.1) is 0 Å². The molecule has 0 aromatic heterocycles. The highest BCUT2D eigenvalue weighted by molar-refractivity contribution is 5.89. The topological polar surface area (TPSA) is 50.4 Å². The van der Waals surface area contributed by atoms with Gasteiger partial charge in [-0.1, -0.05) is 18.2 Å². The zero-order valence-electron chi connectivity index (χ0n) is 13.4. The lowest BCUT2D eigenvalue weighted by molar-refractivity contribution is 0.252. The fourth-order valence-corrected chi connectivity index (χ4v) is 2.94. The van der Waals surface area contributed by atoms with Gasteiger partial charge < -0.3 is 15.4 Å². The van der Waals surface area contributed by atoms with Crippen molar-refractivity contribution in [3.8, 4) is 5.75 Å². The lowest BCUT2D eigenvalue weighted by atomic mass is 10.1. The highest BCUT2D eigenvalue weighted by Gasteiger charge is 2.11. The van der Waals surface area contributed by atoms with E-state index < -0.39 is 0 Å². The number of aryl methyl sites for hydroxylation is 2. The highest BCUT2D eigenvalue weighted by Crippen LogP contribution is 2.24. The van der Waals surface area contributed by atoms with Gasteiger partial charge in [0.2, 0.25) is 0 Å². The summed E-state index contributed by atoms with van der Waals surface area (Å²) in [6, 6.07) is 13.9. The summed E-state index contributed by atoms with van der Waals surface area (Å²) in [5.41, 5.74) is 4.81. The van der Waals surface area contributed by atoms with Crippen molar-refractivity contribution in [1.82, 2.24) is 5.32 Å². The van der Waals surface area contributed by atoms with Gasteiger partial charge in [0.1, 0.15) is 5.75 Å². The second kappa shape index (κ2) is 7.18. The van der Waals surface area contributed by atoms with E-state index in [4.69, 9.17) is 4.74 Å². The normalized spacial score (nSPS) is 12.6. The monoisotopic (exact) mass is 310 g/mol. The van der Waals surface area contributed by atoms with E-state index in [0.29, 0.717) is 6.54 Å². The minimum atomic E-state index is -0.156. The second-order valence-corrected chi connectivity index (χ2v) is 5.82. The van der Waals surface area contributed by atoms with Gasteiger partial charge in [-0.05, 0) is 66.6 Å². The smallest absolute Gasteiger partial charge is 0.319 e. The maximum Gasteiger partial charge on any atom is 0.319 e. The Morgan fingerprint density at radius 1 is 1.09 bits per heavy atom. The van der Waals surface area contributed by atoms with Crippen LogP contribution in [0.2, 0.25) is 0 Å². The third kappa shape index (κ3) is 4.03. The molecule has 0 fully saturated rings. The summed E-state index contributed by atoms with van der Waals surface area (Å²) in [4.78, 5) is 12.0. The summed E-state index contributed by atoms with van der Waals surface area (Å²) in [6.07, 6.45) is 4.28. The lowest BCUT2D eigenvalue weighted by Crippen LogP contribution is -2.30. The second-order valence-electron chi connectivity index (χ2n) is 5.82. The number of urea groups is 1. The van der Waals surface area contributed by atoms with E-state index in [1.54, 1.807) is 7.11 Å². The molecule has 0 atom stereocenters. The van der Waals surface area contributed by atoms with Crippen molar-refractivity contribution in [2.24, 2.45) is 0 Å². The SMILES string of the molecule is COc1ccc(CCNC(=O)Nc2ccc3c(c2)CCC3)cc1. The van der Waals surface area contributed by atoms with E-state index in [0.717, 1.165) is 30.7 Å². The van der Waals surface area contributed by atoms with Crippen LogP contribution in [0.15, 0.2) is 42.5 Å². The van der Waals surface area contributed by atoms with Crippen LogP contribution in [0.1, 0.15) is 23.1 Å². The number of hydrogen-bond acceptors (Lipinski definition) is 2. The van der Waals surface area contributed by atoms with Gasteiger partial charge in [-0.3, -0.25) is 0 Å². The molecule has 0 spiro atoms. The Bertz CT molecular complexity index is 680. The van der Waals surface area contributed by atoms with Crippen molar-refractivity contribution in [2.75, 3.05) is 19.0 Å². The Kier molecular flexibility index (Phi) is 4.81. The Morgan fingerprint density at radius 2 is 1.87 bits per heavy atom. The number of nitrogens with one attached hydrogen (secondary N) is 2. The van der Waals surface area contributed by atoms with E-state index >= 15 is 0 Å². The van der Waals surface area contributed by atoms with E-state index in [1.807, 2.05) is 30.3 Å². The molecule has 0 saturated carbocycles. The van der Waals surface area contributed by atoms with E-state index in [9.17, 15) is 4.79 Å².